The molecule has 1 fully saturated rings. The zero-order valence-electron chi connectivity index (χ0n) is 7.97. The van der Waals surface area contributed by atoms with Crippen molar-refractivity contribution in [1.29, 1.82) is 0 Å². The molecule has 1 saturated heterocycles. The Morgan fingerprint density at radius 1 is 1.54 bits per heavy atom. The van der Waals surface area contributed by atoms with Gasteiger partial charge < -0.3 is 4.55 Å². The van der Waals surface area contributed by atoms with E-state index in [1.54, 1.807) is 0 Å². The van der Waals surface area contributed by atoms with Gasteiger partial charge in [-0.15, -0.1) is 6.58 Å². The average molecular weight is 220 g/mol. The van der Waals surface area contributed by atoms with Crippen molar-refractivity contribution in [3.63, 3.8) is 0 Å². The van der Waals surface area contributed by atoms with Gasteiger partial charge in [-0.3, -0.25) is 4.21 Å². The van der Waals surface area contributed by atoms with Crippen LogP contribution in [-0.4, -0.2) is 18.6 Å². The van der Waals surface area contributed by atoms with Crippen LogP contribution in [-0.2, 0) is 10.8 Å². The van der Waals surface area contributed by atoms with Crippen molar-refractivity contribution in [2.24, 2.45) is 11.8 Å². The van der Waals surface area contributed by atoms with Gasteiger partial charge in [-0.1, -0.05) is 19.9 Å². The SMILES string of the molecule is C=CC[C@H]1[C@H](C)[C@@H](C)[C@@H](SO)[S@]1=O. The second-order valence-corrected chi connectivity index (χ2v) is 6.37. The minimum atomic E-state index is -0.917. The lowest BCUT2D eigenvalue weighted by atomic mass is 9.93. The van der Waals surface area contributed by atoms with Gasteiger partial charge in [0.2, 0.25) is 0 Å². The van der Waals surface area contributed by atoms with Gasteiger partial charge in [0, 0.05) is 28.1 Å². The molecular weight excluding hydrogens is 204 g/mol. The summed E-state index contributed by atoms with van der Waals surface area (Å²) < 4.78 is 20.7. The molecule has 13 heavy (non-hydrogen) atoms. The van der Waals surface area contributed by atoms with E-state index in [1.807, 2.05) is 6.08 Å². The van der Waals surface area contributed by atoms with E-state index in [0.29, 0.717) is 11.8 Å². The van der Waals surface area contributed by atoms with E-state index in [9.17, 15) is 4.21 Å². The predicted molar refractivity (Wildman–Crippen MR) is 59.1 cm³/mol. The maximum Gasteiger partial charge on any atom is 0.109 e. The molecule has 4 heteroatoms. The van der Waals surface area contributed by atoms with E-state index in [2.05, 4.69) is 20.4 Å². The first kappa shape index (κ1) is 11.3. The average Bonchev–Trinajstić information content (AvgIpc) is 2.31. The third-order valence-electron chi connectivity index (χ3n) is 2.88. The fraction of sp³-hybridized carbons (Fsp3) is 0.778. The van der Waals surface area contributed by atoms with Crippen molar-refractivity contribution in [1.82, 2.24) is 0 Å². The van der Waals surface area contributed by atoms with Gasteiger partial charge in [-0.25, -0.2) is 0 Å². The van der Waals surface area contributed by atoms with E-state index in [-0.39, 0.29) is 9.83 Å². The second kappa shape index (κ2) is 4.62. The molecule has 1 N–H and O–H groups in total. The van der Waals surface area contributed by atoms with Gasteiger partial charge in [-0.05, 0) is 18.3 Å². The van der Waals surface area contributed by atoms with E-state index >= 15 is 0 Å². The van der Waals surface area contributed by atoms with Crippen LogP contribution >= 0.6 is 12.0 Å². The first-order valence-electron chi connectivity index (χ1n) is 4.44. The summed E-state index contributed by atoms with van der Waals surface area (Å²) in [6, 6.07) is 0. The van der Waals surface area contributed by atoms with Gasteiger partial charge in [0.15, 0.2) is 0 Å². The molecule has 5 atom stereocenters. The molecule has 0 unspecified atom stereocenters. The van der Waals surface area contributed by atoms with E-state index in [1.165, 1.54) is 0 Å². The molecule has 0 spiro atoms. The van der Waals surface area contributed by atoms with Gasteiger partial charge in [-0.2, -0.15) is 0 Å². The van der Waals surface area contributed by atoms with Crippen molar-refractivity contribution in [2.75, 3.05) is 0 Å². The lowest BCUT2D eigenvalue weighted by Gasteiger charge is -2.14. The van der Waals surface area contributed by atoms with Crippen molar-refractivity contribution in [3.8, 4) is 0 Å². The van der Waals surface area contributed by atoms with Crippen LogP contribution < -0.4 is 0 Å². The van der Waals surface area contributed by atoms with Gasteiger partial charge in [0.1, 0.15) is 4.58 Å². The third-order valence-corrected chi connectivity index (χ3v) is 6.45. The molecule has 76 valence electrons. The highest BCUT2D eigenvalue weighted by Gasteiger charge is 2.44. The van der Waals surface area contributed by atoms with E-state index < -0.39 is 10.8 Å². The van der Waals surface area contributed by atoms with Crippen LogP contribution in [0.15, 0.2) is 12.7 Å². The summed E-state index contributed by atoms with van der Waals surface area (Å²) in [5.41, 5.74) is 0. The second-order valence-electron chi connectivity index (χ2n) is 3.58. The Morgan fingerprint density at radius 2 is 2.15 bits per heavy atom. The minimum absolute atomic E-state index is 0.111. The molecule has 1 aliphatic rings. The number of hydrogen-bond donors (Lipinski definition) is 1. The molecule has 0 amide bonds. The van der Waals surface area contributed by atoms with Crippen LogP contribution in [0.3, 0.4) is 0 Å². The first-order chi connectivity index (χ1) is 6.13. The summed E-state index contributed by atoms with van der Waals surface area (Å²) in [7, 11) is -0.917. The van der Waals surface area contributed by atoms with Crippen molar-refractivity contribution in [2.45, 2.75) is 30.1 Å². The Kier molecular flexibility index (Phi) is 4.01. The summed E-state index contributed by atoms with van der Waals surface area (Å²) in [4.78, 5) is 0. The number of allylic oxidation sites excluding steroid dienone is 1. The van der Waals surface area contributed by atoms with Gasteiger partial charge in [0.05, 0.1) is 0 Å². The third kappa shape index (κ3) is 2.00. The molecule has 1 aliphatic heterocycles. The van der Waals surface area contributed by atoms with Crippen LogP contribution in [0.4, 0.5) is 0 Å². The van der Waals surface area contributed by atoms with Gasteiger partial charge >= 0.3 is 0 Å². The smallest absolute Gasteiger partial charge is 0.109 e. The fourth-order valence-corrected chi connectivity index (χ4v) is 5.01. The summed E-state index contributed by atoms with van der Waals surface area (Å²) in [5.74, 6) is 0.726. The zero-order valence-corrected chi connectivity index (χ0v) is 9.61. The first-order valence-corrected chi connectivity index (χ1v) is 6.55. The lowest BCUT2D eigenvalue weighted by Crippen LogP contribution is -2.16. The number of rotatable bonds is 3. The standard InChI is InChI=1S/C9H16O2S2/c1-4-5-8-6(2)7(3)9(12-10)13(8)11/h4,6-10H,1,5H2,2-3H3/t6-,7-,8+,9+,13+/m1/s1. The van der Waals surface area contributed by atoms with Crippen molar-refractivity contribution >= 4 is 22.8 Å². The van der Waals surface area contributed by atoms with Crippen LogP contribution in [0.25, 0.3) is 0 Å². The van der Waals surface area contributed by atoms with Gasteiger partial charge in [0.25, 0.3) is 0 Å². The summed E-state index contributed by atoms with van der Waals surface area (Å²) >= 11 is 0.748. The maximum atomic E-state index is 11.8. The topological polar surface area (TPSA) is 37.3 Å². The molecule has 0 bridgehead atoms. The van der Waals surface area contributed by atoms with E-state index in [4.69, 9.17) is 4.55 Å². The summed E-state index contributed by atoms with van der Waals surface area (Å²) in [6.07, 6.45) is 2.60. The van der Waals surface area contributed by atoms with Crippen LogP contribution in [0, 0.1) is 11.8 Å². The molecule has 1 heterocycles. The Morgan fingerprint density at radius 3 is 2.54 bits per heavy atom. The zero-order chi connectivity index (χ0) is 10.0. The molecule has 1 rings (SSSR count). The van der Waals surface area contributed by atoms with Crippen LogP contribution in [0.2, 0.25) is 0 Å². The fourth-order valence-electron chi connectivity index (χ4n) is 1.79. The highest BCUT2D eigenvalue weighted by molar-refractivity contribution is 8.08. The van der Waals surface area contributed by atoms with Crippen molar-refractivity contribution in [3.05, 3.63) is 12.7 Å². The highest BCUT2D eigenvalue weighted by atomic mass is 32.2. The van der Waals surface area contributed by atoms with Crippen LogP contribution in [0.1, 0.15) is 20.3 Å². The summed E-state index contributed by atoms with van der Waals surface area (Å²) in [6.45, 7) is 7.82. The van der Waals surface area contributed by atoms with Crippen molar-refractivity contribution < 1.29 is 8.76 Å². The highest BCUT2D eigenvalue weighted by Crippen LogP contribution is 2.40. The van der Waals surface area contributed by atoms with E-state index in [0.717, 1.165) is 18.5 Å². The Hall–Kier alpha value is 0.200. The Bertz CT molecular complexity index is 218. The largest absolute Gasteiger partial charge is 0.329 e. The monoisotopic (exact) mass is 220 g/mol. The predicted octanol–water partition coefficient (Wildman–Crippen LogP) is 2.50. The molecule has 0 aliphatic carbocycles. The molecular formula is C9H16O2S2. The lowest BCUT2D eigenvalue weighted by molar-refractivity contribution is 0.423. The Balaban J connectivity index is 2.77. The quantitative estimate of drug-likeness (QED) is 0.586. The maximum absolute atomic E-state index is 11.8. The number of hydrogen-bond acceptors (Lipinski definition) is 3. The minimum Gasteiger partial charge on any atom is -0.329 e. The molecule has 0 radical (unpaired) electrons. The molecule has 2 nitrogen and oxygen atoms in total. The molecule has 0 aromatic carbocycles. The molecule has 0 saturated carbocycles. The summed E-state index contributed by atoms with van der Waals surface area (Å²) in [5, 5.41) is 0.178. The molecule has 0 aromatic rings. The molecule has 0 aromatic heterocycles. The normalized spacial score (nSPS) is 45.0. The van der Waals surface area contributed by atoms with Crippen LogP contribution in [0.5, 0.6) is 0 Å². The Labute approximate surface area is 86.5 Å².